The van der Waals surface area contributed by atoms with E-state index in [1.54, 1.807) is 6.07 Å². The van der Waals surface area contributed by atoms with Crippen LogP contribution in [0.3, 0.4) is 0 Å². The highest BCUT2D eigenvalue weighted by Gasteiger charge is 2.37. The fourth-order valence-electron chi connectivity index (χ4n) is 3.28. The highest BCUT2D eigenvalue weighted by Crippen LogP contribution is 2.32. The number of anilines is 1. The summed E-state index contributed by atoms with van der Waals surface area (Å²) in [6.45, 7) is 4.02. The second kappa shape index (κ2) is 7.09. The lowest BCUT2D eigenvalue weighted by atomic mass is 10.1. The van der Waals surface area contributed by atoms with Crippen LogP contribution in [0, 0.1) is 17.6 Å². The maximum Gasteiger partial charge on any atom is 0.226 e. The zero-order valence-corrected chi connectivity index (χ0v) is 14.9. The van der Waals surface area contributed by atoms with Gasteiger partial charge in [-0.15, -0.1) is 0 Å². The number of hydrogen-bond acceptors (Lipinski definition) is 5. The first-order valence-corrected chi connectivity index (χ1v) is 9.01. The number of amides is 1. The highest BCUT2D eigenvalue weighted by atomic mass is 19.2. The molecule has 1 saturated carbocycles. The fourth-order valence-corrected chi connectivity index (χ4v) is 3.28. The Bertz CT molecular complexity index is 859. The summed E-state index contributed by atoms with van der Waals surface area (Å²) in [6, 6.07) is 5.07. The maximum atomic E-state index is 13.3. The summed E-state index contributed by atoms with van der Waals surface area (Å²) in [4.78, 5) is 24.7. The van der Waals surface area contributed by atoms with Gasteiger partial charge in [0, 0.05) is 43.7 Å². The Balaban J connectivity index is 1.44. The molecule has 2 aromatic rings. The monoisotopic (exact) mass is 374 g/mol. The van der Waals surface area contributed by atoms with Crippen LogP contribution < -0.4 is 9.64 Å². The predicted octanol–water partition coefficient (Wildman–Crippen LogP) is 2.99. The van der Waals surface area contributed by atoms with E-state index in [-0.39, 0.29) is 29.5 Å². The molecular weight excluding hydrogens is 354 g/mol. The Hall–Kier alpha value is -2.77. The van der Waals surface area contributed by atoms with Crippen molar-refractivity contribution in [1.29, 1.82) is 0 Å². The van der Waals surface area contributed by atoms with Crippen LogP contribution in [-0.4, -0.2) is 46.5 Å². The Morgan fingerprint density at radius 2 is 1.96 bits per heavy atom. The molecule has 2 fully saturated rings. The second-order valence-electron chi connectivity index (χ2n) is 6.99. The first-order valence-electron chi connectivity index (χ1n) is 9.01. The molecule has 6 nitrogen and oxygen atoms in total. The van der Waals surface area contributed by atoms with Crippen molar-refractivity contribution >= 4 is 11.7 Å². The third kappa shape index (κ3) is 3.84. The van der Waals surface area contributed by atoms with E-state index in [9.17, 15) is 13.6 Å². The van der Waals surface area contributed by atoms with E-state index in [4.69, 9.17) is 4.74 Å². The molecule has 2 heterocycles. The third-order valence-corrected chi connectivity index (χ3v) is 4.90. The molecule has 4 rings (SSSR count). The molecule has 0 radical (unpaired) electrons. The van der Waals surface area contributed by atoms with E-state index >= 15 is 0 Å². The molecular formula is C19H20F2N4O2. The molecule has 0 bridgehead atoms. The maximum absolute atomic E-state index is 13.3. The average Bonchev–Trinajstić information content (AvgIpc) is 3.50. The van der Waals surface area contributed by atoms with Gasteiger partial charge in [0.15, 0.2) is 11.6 Å². The molecule has 8 heteroatoms. The minimum Gasteiger partial charge on any atom is -0.439 e. The predicted molar refractivity (Wildman–Crippen MR) is 94.6 cm³/mol. The van der Waals surface area contributed by atoms with E-state index in [1.165, 1.54) is 12.4 Å². The van der Waals surface area contributed by atoms with Crippen molar-refractivity contribution in [2.45, 2.75) is 25.8 Å². The van der Waals surface area contributed by atoms with Crippen molar-refractivity contribution in [3.8, 4) is 11.6 Å². The molecule has 142 valence electrons. The lowest BCUT2D eigenvalue weighted by Crippen LogP contribution is -2.54. The lowest BCUT2D eigenvalue weighted by molar-refractivity contribution is -0.134. The highest BCUT2D eigenvalue weighted by molar-refractivity contribution is 5.81. The van der Waals surface area contributed by atoms with Crippen molar-refractivity contribution in [1.82, 2.24) is 14.9 Å². The molecule has 1 aromatic carbocycles. The zero-order valence-electron chi connectivity index (χ0n) is 14.9. The molecule has 0 spiro atoms. The Labute approximate surface area is 155 Å². The minimum absolute atomic E-state index is 0.0948. The molecule has 0 N–H and O–H groups in total. The number of hydrogen-bond donors (Lipinski definition) is 0. The minimum atomic E-state index is -0.980. The van der Waals surface area contributed by atoms with Crippen LogP contribution in [0.4, 0.5) is 14.6 Å². The molecule has 1 amide bonds. The van der Waals surface area contributed by atoms with E-state index < -0.39 is 11.6 Å². The van der Waals surface area contributed by atoms with Gasteiger partial charge in [-0.05, 0) is 31.9 Å². The summed E-state index contributed by atoms with van der Waals surface area (Å²) in [6.07, 6.45) is 3.38. The average molecular weight is 374 g/mol. The van der Waals surface area contributed by atoms with Gasteiger partial charge < -0.3 is 14.5 Å². The van der Waals surface area contributed by atoms with Gasteiger partial charge in [0.25, 0.3) is 0 Å². The van der Waals surface area contributed by atoms with E-state index in [0.717, 1.165) is 25.0 Å². The van der Waals surface area contributed by atoms with E-state index in [1.807, 2.05) is 11.8 Å². The molecule has 1 aromatic heterocycles. The van der Waals surface area contributed by atoms with E-state index in [0.29, 0.717) is 25.5 Å². The van der Waals surface area contributed by atoms with Gasteiger partial charge in [-0.25, -0.2) is 18.7 Å². The van der Waals surface area contributed by atoms with E-state index in [2.05, 4.69) is 14.9 Å². The van der Waals surface area contributed by atoms with Crippen molar-refractivity contribution in [3.63, 3.8) is 0 Å². The summed E-state index contributed by atoms with van der Waals surface area (Å²) < 4.78 is 31.9. The topological polar surface area (TPSA) is 58.6 Å². The summed E-state index contributed by atoms with van der Waals surface area (Å²) in [7, 11) is 0. The van der Waals surface area contributed by atoms with Gasteiger partial charge in [-0.2, -0.15) is 0 Å². The van der Waals surface area contributed by atoms with Crippen LogP contribution in [0.25, 0.3) is 0 Å². The Morgan fingerprint density at radius 3 is 2.67 bits per heavy atom. The summed E-state index contributed by atoms with van der Waals surface area (Å²) in [5.74, 6) is -0.360. The van der Waals surface area contributed by atoms with Crippen LogP contribution in [-0.2, 0) is 4.79 Å². The molecule has 0 unspecified atom stereocenters. The number of aromatic nitrogens is 2. The largest absolute Gasteiger partial charge is 0.439 e. The molecule has 1 aliphatic heterocycles. The normalized spacial score (nSPS) is 19.9. The summed E-state index contributed by atoms with van der Waals surface area (Å²) in [5, 5.41) is 0. The van der Waals surface area contributed by atoms with Crippen molar-refractivity contribution in [2.24, 2.45) is 5.92 Å². The summed E-state index contributed by atoms with van der Waals surface area (Å²) >= 11 is 0. The Kier molecular flexibility index (Phi) is 4.63. The van der Waals surface area contributed by atoms with Gasteiger partial charge >= 0.3 is 0 Å². The van der Waals surface area contributed by atoms with Crippen molar-refractivity contribution in [3.05, 3.63) is 42.2 Å². The number of piperazine rings is 1. The van der Waals surface area contributed by atoms with Crippen LogP contribution in [0.5, 0.6) is 11.6 Å². The molecule has 1 aliphatic carbocycles. The SMILES string of the molecule is C[C@H]1CN(c2cc(Oc3ccc(F)c(F)c3)ncn2)CCN1C(=O)C1CC1. The van der Waals surface area contributed by atoms with Crippen LogP contribution in [0.15, 0.2) is 30.6 Å². The number of ether oxygens (including phenoxy) is 1. The first-order chi connectivity index (χ1) is 13.0. The standard InChI is InChI=1S/C19H20F2N4O2/c1-12-10-24(6-7-25(12)19(26)13-2-3-13)17-9-18(23-11-22-17)27-14-4-5-15(20)16(21)8-14/h4-5,8-9,11-13H,2-3,6-7,10H2,1H3/t12-/m0/s1. The zero-order chi connectivity index (χ0) is 19.0. The number of nitrogens with zero attached hydrogens (tertiary/aromatic N) is 4. The second-order valence-corrected chi connectivity index (χ2v) is 6.99. The number of carbonyl (C=O) groups excluding carboxylic acids is 1. The van der Waals surface area contributed by atoms with Gasteiger partial charge in [0.1, 0.15) is 17.9 Å². The van der Waals surface area contributed by atoms with Crippen molar-refractivity contribution < 1.29 is 18.3 Å². The van der Waals surface area contributed by atoms with Crippen LogP contribution >= 0.6 is 0 Å². The lowest BCUT2D eigenvalue weighted by Gasteiger charge is -2.40. The molecule has 1 saturated heterocycles. The summed E-state index contributed by atoms with van der Waals surface area (Å²) in [5.41, 5.74) is 0. The van der Waals surface area contributed by atoms with Crippen LogP contribution in [0.2, 0.25) is 0 Å². The fraction of sp³-hybridized carbons (Fsp3) is 0.421. The number of carbonyl (C=O) groups is 1. The van der Waals surface area contributed by atoms with Gasteiger partial charge in [-0.3, -0.25) is 4.79 Å². The smallest absolute Gasteiger partial charge is 0.226 e. The van der Waals surface area contributed by atoms with Crippen LogP contribution in [0.1, 0.15) is 19.8 Å². The molecule has 2 aliphatic rings. The molecule has 1 atom stereocenters. The Morgan fingerprint density at radius 1 is 1.15 bits per heavy atom. The van der Waals surface area contributed by atoms with Gasteiger partial charge in [0.2, 0.25) is 11.8 Å². The number of halogens is 2. The third-order valence-electron chi connectivity index (χ3n) is 4.90. The van der Waals surface area contributed by atoms with Crippen molar-refractivity contribution in [2.75, 3.05) is 24.5 Å². The number of rotatable bonds is 4. The first kappa shape index (κ1) is 17.6. The van der Waals surface area contributed by atoms with Gasteiger partial charge in [-0.1, -0.05) is 0 Å². The van der Waals surface area contributed by atoms with Gasteiger partial charge in [0.05, 0.1) is 0 Å². The quantitative estimate of drug-likeness (QED) is 0.824. The number of benzene rings is 1. The molecule has 27 heavy (non-hydrogen) atoms.